The summed E-state index contributed by atoms with van der Waals surface area (Å²) in [5.74, 6) is -3.02. The largest absolute Gasteiger partial charge is 0.471 e. The Morgan fingerprint density at radius 1 is 0.949 bits per heavy atom. The van der Waals surface area contributed by atoms with Crippen LogP contribution in [0.2, 0.25) is 0 Å². The zero-order valence-corrected chi connectivity index (χ0v) is 20.8. The maximum absolute atomic E-state index is 13.4. The molecule has 204 valence electrons. The molecule has 1 aliphatic rings. The Labute approximate surface area is 222 Å². The number of likely N-dealkylation sites (tertiary alicyclic amines) is 1. The average molecular weight is 543 g/mol. The van der Waals surface area contributed by atoms with Gasteiger partial charge < -0.3 is 15.1 Å². The van der Waals surface area contributed by atoms with Crippen LogP contribution in [0.1, 0.15) is 33.6 Å². The number of carbonyl (C=O) groups excluding carboxylic acids is 3. The molecule has 0 unspecified atom stereocenters. The molecule has 2 heterocycles. The predicted octanol–water partition coefficient (Wildman–Crippen LogP) is 4.96. The normalized spacial score (nSPS) is 14.6. The van der Waals surface area contributed by atoms with Crippen molar-refractivity contribution in [3.63, 3.8) is 0 Å². The number of benzene rings is 2. The minimum Gasteiger partial charge on any atom is -0.318 e. The zero-order chi connectivity index (χ0) is 28.0. The number of hydrogen-bond acceptors (Lipinski definition) is 5. The molecule has 1 N–H and O–H groups in total. The second-order valence-electron chi connectivity index (χ2n) is 9.18. The number of nitrogens with one attached hydrogen (secondary N) is 1. The highest BCUT2D eigenvalue weighted by Crippen LogP contribution is 2.24. The number of amides is 2. The van der Waals surface area contributed by atoms with Gasteiger partial charge in [-0.1, -0.05) is 0 Å². The number of halogens is 4. The molecule has 2 amide bonds. The first-order valence-corrected chi connectivity index (χ1v) is 12.3. The molecule has 39 heavy (non-hydrogen) atoms. The number of Topliss-reactive ketones (excluding diaryl/α,β-unsaturated/α-hetero) is 1. The Morgan fingerprint density at radius 2 is 1.59 bits per heavy atom. The Kier molecular flexibility index (Phi) is 8.70. The lowest BCUT2D eigenvalue weighted by Gasteiger charge is -2.33. The van der Waals surface area contributed by atoms with E-state index in [0.29, 0.717) is 50.3 Å². The topological polar surface area (TPSA) is 82.6 Å². The molecule has 2 aromatic carbocycles. The van der Waals surface area contributed by atoms with E-state index in [1.165, 1.54) is 53.4 Å². The first-order valence-electron chi connectivity index (χ1n) is 12.3. The highest BCUT2D eigenvalue weighted by Gasteiger charge is 2.38. The van der Waals surface area contributed by atoms with E-state index in [1.807, 2.05) is 0 Å². The van der Waals surface area contributed by atoms with E-state index in [2.05, 4.69) is 9.88 Å². The Morgan fingerprint density at radius 3 is 2.18 bits per heavy atom. The molecular formula is C28H26F4N4O3. The van der Waals surface area contributed by atoms with Gasteiger partial charge in [-0.05, 0) is 86.6 Å². The standard InChI is InChI=1S/C28H26F4N4O3/c29-22-7-3-19(4-8-22)25(37)20-11-14-35(15-12-20)16-17-36(24-2-1-13-33-18-24)26(38)21-5-9-23(10-6-21)34-27(39)28(30,31)32/h1-10,13,18,20H,11-12,14-17H2,(H,34,39). The van der Waals surface area contributed by atoms with Gasteiger partial charge in [0.1, 0.15) is 5.82 Å². The fourth-order valence-corrected chi connectivity index (χ4v) is 4.43. The summed E-state index contributed by atoms with van der Waals surface area (Å²) in [4.78, 5) is 45.1. The van der Waals surface area contributed by atoms with Gasteiger partial charge in [-0.3, -0.25) is 19.4 Å². The van der Waals surface area contributed by atoms with Gasteiger partial charge in [0.05, 0.1) is 11.9 Å². The van der Waals surface area contributed by atoms with Crippen LogP contribution in [0.5, 0.6) is 0 Å². The van der Waals surface area contributed by atoms with Gasteiger partial charge in [-0.15, -0.1) is 0 Å². The van der Waals surface area contributed by atoms with Crippen LogP contribution in [-0.4, -0.2) is 59.8 Å². The zero-order valence-electron chi connectivity index (χ0n) is 20.8. The fourth-order valence-electron chi connectivity index (χ4n) is 4.43. The van der Waals surface area contributed by atoms with E-state index in [9.17, 15) is 31.9 Å². The van der Waals surface area contributed by atoms with Gasteiger partial charge in [0.15, 0.2) is 5.78 Å². The van der Waals surface area contributed by atoms with Gasteiger partial charge in [0.25, 0.3) is 5.91 Å². The molecule has 1 aliphatic heterocycles. The number of rotatable bonds is 8. The van der Waals surface area contributed by atoms with Gasteiger partial charge in [-0.25, -0.2) is 4.39 Å². The molecule has 1 aromatic heterocycles. The number of aromatic nitrogens is 1. The number of ketones is 1. The molecule has 3 aromatic rings. The van der Waals surface area contributed by atoms with Crippen molar-refractivity contribution in [3.8, 4) is 0 Å². The molecule has 0 saturated carbocycles. The van der Waals surface area contributed by atoms with Crippen molar-refractivity contribution >= 4 is 29.0 Å². The SMILES string of the molecule is O=C(c1ccc(F)cc1)C1CCN(CCN(C(=O)c2ccc(NC(=O)C(F)(F)F)cc2)c2cccnc2)CC1. The van der Waals surface area contributed by atoms with Crippen molar-refractivity contribution < 1.29 is 31.9 Å². The van der Waals surface area contributed by atoms with E-state index in [4.69, 9.17) is 0 Å². The lowest BCUT2D eigenvalue weighted by Crippen LogP contribution is -2.43. The van der Waals surface area contributed by atoms with Crippen LogP contribution < -0.4 is 10.2 Å². The summed E-state index contributed by atoms with van der Waals surface area (Å²) in [6, 6.07) is 14.2. The number of anilines is 2. The molecule has 0 radical (unpaired) electrons. The summed E-state index contributed by atoms with van der Waals surface area (Å²) in [5.41, 5.74) is 1.19. The maximum atomic E-state index is 13.4. The third-order valence-electron chi connectivity index (χ3n) is 6.58. The summed E-state index contributed by atoms with van der Waals surface area (Å²) in [5, 5.41) is 1.76. The molecule has 0 aliphatic carbocycles. The Bertz CT molecular complexity index is 1290. The molecule has 4 rings (SSSR count). The van der Waals surface area contributed by atoms with Crippen LogP contribution >= 0.6 is 0 Å². The van der Waals surface area contributed by atoms with Gasteiger partial charge >= 0.3 is 12.1 Å². The third-order valence-corrected chi connectivity index (χ3v) is 6.58. The van der Waals surface area contributed by atoms with Gasteiger partial charge in [0.2, 0.25) is 0 Å². The molecule has 1 saturated heterocycles. The summed E-state index contributed by atoms with van der Waals surface area (Å²) in [7, 11) is 0. The first kappa shape index (κ1) is 27.9. The lowest BCUT2D eigenvalue weighted by atomic mass is 9.89. The number of pyridine rings is 1. The van der Waals surface area contributed by atoms with Crippen LogP contribution in [0.4, 0.5) is 28.9 Å². The predicted molar refractivity (Wildman–Crippen MR) is 137 cm³/mol. The average Bonchev–Trinajstić information content (AvgIpc) is 2.94. The van der Waals surface area contributed by atoms with Crippen molar-refractivity contribution in [1.29, 1.82) is 0 Å². The minimum absolute atomic E-state index is 0.00307. The highest BCUT2D eigenvalue weighted by molar-refractivity contribution is 6.06. The van der Waals surface area contributed by atoms with Crippen molar-refractivity contribution in [2.24, 2.45) is 5.92 Å². The summed E-state index contributed by atoms with van der Waals surface area (Å²) in [6.07, 6.45) is -0.616. The maximum Gasteiger partial charge on any atom is 0.471 e. The summed E-state index contributed by atoms with van der Waals surface area (Å²) >= 11 is 0. The van der Waals surface area contributed by atoms with Crippen molar-refractivity contribution in [2.75, 3.05) is 36.4 Å². The van der Waals surface area contributed by atoms with Crippen LogP contribution in [-0.2, 0) is 4.79 Å². The Balaban J connectivity index is 1.38. The van der Waals surface area contributed by atoms with E-state index in [1.54, 1.807) is 29.8 Å². The van der Waals surface area contributed by atoms with E-state index in [-0.39, 0.29) is 28.9 Å². The van der Waals surface area contributed by atoms with E-state index < -0.39 is 17.9 Å². The van der Waals surface area contributed by atoms with Crippen LogP contribution in [0.15, 0.2) is 73.1 Å². The quantitative estimate of drug-likeness (QED) is 0.321. The highest BCUT2D eigenvalue weighted by atomic mass is 19.4. The van der Waals surface area contributed by atoms with Gasteiger partial charge in [-0.2, -0.15) is 13.2 Å². The van der Waals surface area contributed by atoms with E-state index in [0.717, 1.165) is 0 Å². The van der Waals surface area contributed by atoms with Crippen LogP contribution in [0, 0.1) is 11.7 Å². The molecule has 0 atom stereocenters. The Hall–Kier alpha value is -4.12. The van der Waals surface area contributed by atoms with Crippen molar-refractivity contribution in [2.45, 2.75) is 19.0 Å². The minimum atomic E-state index is -5.02. The smallest absolute Gasteiger partial charge is 0.318 e. The van der Waals surface area contributed by atoms with E-state index >= 15 is 0 Å². The summed E-state index contributed by atoms with van der Waals surface area (Å²) < 4.78 is 50.7. The van der Waals surface area contributed by atoms with Crippen molar-refractivity contribution in [1.82, 2.24) is 9.88 Å². The molecule has 1 fully saturated rings. The van der Waals surface area contributed by atoms with Gasteiger partial charge in [0, 0.05) is 42.0 Å². The molecule has 0 spiro atoms. The van der Waals surface area contributed by atoms with Crippen LogP contribution in [0.25, 0.3) is 0 Å². The molecule has 7 nitrogen and oxygen atoms in total. The molecule has 11 heteroatoms. The monoisotopic (exact) mass is 542 g/mol. The van der Waals surface area contributed by atoms with Crippen LogP contribution in [0.3, 0.4) is 0 Å². The fraction of sp³-hybridized carbons (Fsp3) is 0.286. The van der Waals surface area contributed by atoms with Crippen molar-refractivity contribution in [3.05, 3.63) is 90.0 Å². The number of piperidine rings is 1. The third kappa shape index (κ3) is 7.26. The number of alkyl halides is 3. The second-order valence-corrected chi connectivity index (χ2v) is 9.18. The second kappa shape index (κ2) is 12.2. The molecule has 0 bridgehead atoms. The number of carbonyl (C=O) groups is 3. The lowest BCUT2D eigenvalue weighted by molar-refractivity contribution is -0.167. The number of hydrogen-bond donors (Lipinski definition) is 1. The number of nitrogens with zero attached hydrogens (tertiary/aromatic N) is 3. The first-order chi connectivity index (χ1) is 18.6. The summed E-state index contributed by atoms with van der Waals surface area (Å²) in [6.45, 7) is 2.14. The molecular weight excluding hydrogens is 516 g/mol.